The molecule has 1 heteroatoms. The minimum atomic E-state index is 0.0112. The summed E-state index contributed by atoms with van der Waals surface area (Å²) in [6, 6.07) is 0. The van der Waals surface area contributed by atoms with E-state index >= 15 is 0 Å². The Hall–Kier alpha value is -0.0400. The molecular formula is C16H32O. The van der Waals surface area contributed by atoms with Gasteiger partial charge in [0.2, 0.25) is 0 Å². The maximum Gasteiger partial charge on any atom is 0.0598 e. The van der Waals surface area contributed by atoms with Gasteiger partial charge in [-0.25, -0.2) is 0 Å². The minimum Gasteiger partial charge on any atom is -0.375 e. The van der Waals surface area contributed by atoms with Gasteiger partial charge in [0.25, 0.3) is 0 Å². The first kappa shape index (κ1) is 15.0. The normalized spacial score (nSPS) is 20.8. The Kier molecular flexibility index (Phi) is 4.68. The highest BCUT2D eigenvalue weighted by Crippen LogP contribution is 2.44. The van der Waals surface area contributed by atoms with E-state index in [2.05, 4.69) is 41.5 Å². The van der Waals surface area contributed by atoms with Gasteiger partial charge < -0.3 is 4.74 Å². The number of rotatable bonds is 4. The molecule has 0 aromatic carbocycles. The van der Waals surface area contributed by atoms with Crippen LogP contribution in [0.1, 0.15) is 80.1 Å². The van der Waals surface area contributed by atoms with E-state index in [0.717, 1.165) is 6.61 Å². The monoisotopic (exact) mass is 240 g/mol. The molecule has 1 saturated carbocycles. The van der Waals surface area contributed by atoms with E-state index in [1.165, 1.54) is 38.5 Å². The Labute approximate surface area is 108 Å². The first-order valence-electron chi connectivity index (χ1n) is 7.26. The van der Waals surface area contributed by atoms with Crippen molar-refractivity contribution in [3.05, 3.63) is 0 Å². The van der Waals surface area contributed by atoms with E-state index in [9.17, 15) is 0 Å². The molecule has 0 aromatic rings. The maximum atomic E-state index is 6.08. The van der Waals surface area contributed by atoms with Crippen molar-refractivity contribution in [2.24, 2.45) is 10.8 Å². The third-order valence-electron chi connectivity index (χ3n) is 3.88. The molecule has 0 radical (unpaired) electrons. The zero-order chi connectivity index (χ0) is 13.2. The Morgan fingerprint density at radius 2 is 1.47 bits per heavy atom. The van der Waals surface area contributed by atoms with Gasteiger partial charge in [-0.15, -0.1) is 0 Å². The van der Waals surface area contributed by atoms with E-state index in [0.29, 0.717) is 10.8 Å². The molecule has 1 aliphatic carbocycles. The Morgan fingerprint density at radius 1 is 0.941 bits per heavy atom. The molecule has 102 valence electrons. The lowest BCUT2D eigenvalue weighted by atomic mass is 9.77. The molecule has 1 fully saturated rings. The van der Waals surface area contributed by atoms with E-state index in [1.54, 1.807) is 0 Å². The summed E-state index contributed by atoms with van der Waals surface area (Å²) in [5.74, 6) is 0. The van der Waals surface area contributed by atoms with Crippen LogP contribution >= 0.6 is 0 Å². The molecule has 1 nitrogen and oxygen atoms in total. The molecule has 0 unspecified atom stereocenters. The van der Waals surface area contributed by atoms with Crippen molar-refractivity contribution in [2.45, 2.75) is 85.7 Å². The summed E-state index contributed by atoms with van der Waals surface area (Å²) in [6.07, 6.45) is 8.21. The summed E-state index contributed by atoms with van der Waals surface area (Å²) in [4.78, 5) is 0. The van der Waals surface area contributed by atoms with E-state index in [1.807, 2.05) is 0 Å². The third-order valence-corrected chi connectivity index (χ3v) is 3.88. The maximum absolute atomic E-state index is 6.08. The predicted octanol–water partition coefficient (Wildman–Crippen LogP) is 5.19. The summed E-state index contributed by atoms with van der Waals surface area (Å²) < 4.78 is 6.08. The molecule has 0 aromatic heterocycles. The largest absolute Gasteiger partial charge is 0.375 e. The number of hydrogen-bond donors (Lipinski definition) is 0. The van der Waals surface area contributed by atoms with Crippen LogP contribution in [0.15, 0.2) is 0 Å². The highest BCUT2D eigenvalue weighted by atomic mass is 16.5. The van der Waals surface area contributed by atoms with Crippen LogP contribution < -0.4 is 0 Å². The van der Waals surface area contributed by atoms with Crippen LogP contribution in [-0.4, -0.2) is 12.2 Å². The summed E-state index contributed by atoms with van der Waals surface area (Å²) in [5, 5.41) is 0. The van der Waals surface area contributed by atoms with Crippen molar-refractivity contribution in [1.82, 2.24) is 0 Å². The predicted molar refractivity (Wildman–Crippen MR) is 75.3 cm³/mol. The Bertz CT molecular complexity index is 203. The topological polar surface area (TPSA) is 9.23 Å². The second-order valence-corrected chi connectivity index (χ2v) is 8.17. The van der Waals surface area contributed by atoms with Gasteiger partial charge in [0.05, 0.1) is 12.2 Å². The average molecular weight is 240 g/mol. The fourth-order valence-corrected chi connectivity index (χ4v) is 2.60. The van der Waals surface area contributed by atoms with Crippen LogP contribution in [0.4, 0.5) is 0 Å². The molecule has 0 saturated heterocycles. The SMILES string of the molecule is CC(C)(C)CCC1(COC(C)(C)C)CCCC1. The van der Waals surface area contributed by atoms with Gasteiger partial charge in [-0.05, 0) is 57.3 Å². The van der Waals surface area contributed by atoms with Crippen LogP contribution in [0.25, 0.3) is 0 Å². The highest BCUT2D eigenvalue weighted by molar-refractivity contribution is 4.86. The van der Waals surface area contributed by atoms with Crippen molar-refractivity contribution in [3.63, 3.8) is 0 Å². The first-order chi connectivity index (χ1) is 7.62. The summed E-state index contributed by atoms with van der Waals surface area (Å²) in [7, 11) is 0. The molecule has 0 bridgehead atoms. The van der Waals surface area contributed by atoms with Crippen LogP contribution in [0.5, 0.6) is 0 Å². The number of hydrogen-bond acceptors (Lipinski definition) is 1. The molecule has 1 rings (SSSR count). The molecule has 0 heterocycles. The number of ether oxygens (including phenoxy) is 1. The lowest BCUT2D eigenvalue weighted by Gasteiger charge is -2.34. The molecule has 17 heavy (non-hydrogen) atoms. The van der Waals surface area contributed by atoms with Gasteiger partial charge >= 0.3 is 0 Å². The van der Waals surface area contributed by atoms with Crippen LogP contribution in [0, 0.1) is 10.8 Å². The van der Waals surface area contributed by atoms with E-state index < -0.39 is 0 Å². The lowest BCUT2D eigenvalue weighted by Crippen LogP contribution is -2.31. The molecule has 0 atom stereocenters. The van der Waals surface area contributed by atoms with Crippen LogP contribution in [0.2, 0.25) is 0 Å². The summed E-state index contributed by atoms with van der Waals surface area (Å²) >= 11 is 0. The smallest absolute Gasteiger partial charge is 0.0598 e. The van der Waals surface area contributed by atoms with Gasteiger partial charge in [-0.3, -0.25) is 0 Å². The van der Waals surface area contributed by atoms with Crippen molar-refractivity contribution in [1.29, 1.82) is 0 Å². The Morgan fingerprint density at radius 3 is 1.88 bits per heavy atom. The summed E-state index contributed by atoms with van der Waals surface area (Å²) in [5.41, 5.74) is 0.954. The van der Waals surface area contributed by atoms with Gasteiger partial charge in [-0.2, -0.15) is 0 Å². The standard InChI is InChI=1S/C16H32O/c1-14(2,3)11-12-16(9-7-8-10-16)13-17-15(4,5)6/h7-13H2,1-6H3. The van der Waals surface area contributed by atoms with Crippen molar-refractivity contribution in [2.75, 3.05) is 6.61 Å². The van der Waals surface area contributed by atoms with E-state index in [4.69, 9.17) is 4.74 Å². The second kappa shape index (κ2) is 5.30. The molecule has 0 N–H and O–H groups in total. The zero-order valence-corrected chi connectivity index (χ0v) is 12.9. The Balaban J connectivity index is 2.51. The van der Waals surface area contributed by atoms with Crippen molar-refractivity contribution >= 4 is 0 Å². The molecular weight excluding hydrogens is 208 g/mol. The molecule has 0 aliphatic heterocycles. The first-order valence-corrected chi connectivity index (χ1v) is 7.26. The van der Waals surface area contributed by atoms with Gasteiger partial charge in [-0.1, -0.05) is 33.6 Å². The fourth-order valence-electron chi connectivity index (χ4n) is 2.60. The third kappa shape index (κ3) is 5.90. The fraction of sp³-hybridized carbons (Fsp3) is 1.00. The van der Waals surface area contributed by atoms with Gasteiger partial charge in [0, 0.05) is 0 Å². The minimum absolute atomic E-state index is 0.0112. The van der Waals surface area contributed by atoms with Gasteiger partial charge in [0.15, 0.2) is 0 Å². The molecule has 0 amide bonds. The summed E-state index contributed by atoms with van der Waals surface area (Å²) in [6.45, 7) is 14.5. The van der Waals surface area contributed by atoms with Crippen molar-refractivity contribution in [3.8, 4) is 0 Å². The van der Waals surface area contributed by atoms with Crippen LogP contribution in [0.3, 0.4) is 0 Å². The zero-order valence-electron chi connectivity index (χ0n) is 12.9. The second-order valence-electron chi connectivity index (χ2n) is 8.17. The van der Waals surface area contributed by atoms with E-state index in [-0.39, 0.29) is 5.60 Å². The highest BCUT2D eigenvalue weighted by Gasteiger charge is 2.35. The van der Waals surface area contributed by atoms with Crippen molar-refractivity contribution < 1.29 is 4.74 Å². The molecule has 0 spiro atoms. The average Bonchev–Trinajstić information content (AvgIpc) is 2.59. The lowest BCUT2D eigenvalue weighted by molar-refractivity contribution is -0.0557. The molecule has 1 aliphatic rings. The quantitative estimate of drug-likeness (QED) is 0.657. The van der Waals surface area contributed by atoms with Gasteiger partial charge in [0.1, 0.15) is 0 Å². The van der Waals surface area contributed by atoms with Crippen LogP contribution in [-0.2, 0) is 4.74 Å².